The van der Waals surface area contributed by atoms with Gasteiger partial charge in [-0.1, -0.05) is 61.8 Å². The molecule has 4 aromatic carbocycles. The molecule has 0 spiro atoms. The third kappa shape index (κ3) is 15.5. The zero-order chi connectivity index (χ0) is 30.2. The van der Waals surface area contributed by atoms with Crippen LogP contribution < -0.4 is 49.6 Å². The van der Waals surface area contributed by atoms with Gasteiger partial charge in [0, 0.05) is 32.5 Å². The van der Waals surface area contributed by atoms with Gasteiger partial charge in [-0.05, 0) is 47.9 Å². The van der Waals surface area contributed by atoms with E-state index >= 15 is 0 Å². The minimum Gasteiger partial charge on any atom is -1.00 e. The number of halogens is 4. The van der Waals surface area contributed by atoms with E-state index in [2.05, 4.69) is 166 Å². The summed E-state index contributed by atoms with van der Waals surface area (Å²) in [6.45, 7) is 12.2. The molecule has 0 amide bonds. The molecule has 10 heteroatoms. The number of rotatable bonds is 2. The van der Waals surface area contributed by atoms with E-state index in [9.17, 15) is 0 Å². The molecule has 0 fully saturated rings. The van der Waals surface area contributed by atoms with Crippen LogP contribution in [0.1, 0.15) is 6.92 Å². The van der Waals surface area contributed by atoms with Crippen molar-refractivity contribution in [3.8, 4) is 0 Å². The van der Waals surface area contributed by atoms with Crippen molar-refractivity contribution in [3.63, 3.8) is 0 Å². The van der Waals surface area contributed by atoms with Crippen molar-refractivity contribution in [1.29, 1.82) is 0 Å². The second-order valence-electron chi connectivity index (χ2n) is 11.5. The second-order valence-corrected chi connectivity index (χ2v) is 17.7. The molecular formula is C39H40Cl4OSSi2Zr2+2. The van der Waals surface area contributed by atoms with E-state index in [1.54, 1.807) is 0 Å². The smallest absolute Gasteiger partial charge is 1.00 e. The molecule has 4 aliphatic rings. The summed E-state index contributed by atoms with van der Waals surface area (Å²) in [7, 11) is -0.468. The van der Waals surface area contributed by atoms with E-state index in [1.807, 2.05) is 11.8 Å². The molecule has 0 radical (unpaired) electrons. The van der Waals surface area contributed by atoms with Gasteiger partial charge in [-0.25, -0.2) is 0 Å². The van der Waals surface area contributed by atoms with Crippen LogP contribution in [-0.2, 0) is 57.1 Å². The summed E-state index contributed by atoms with van der Waals surface area (Å²) in [5, 5.41) is 5.97. The molecule has 49 heavy (non-hydrogen) atoms. The number of hydrogen-bond acceptors (Lipinski definition) is 2. The molecule has 2 aliphatic heterocycles. The summed E-state index contributed by atoms with van der Waals surface area (Å²) in [5.41, 5.74) is 10.3. The fraction of sp³-hybridized carbons (Fsp3) is 0.179. The van der Waals surface area contributed by atoms with E-state index < -0.39 is 0 Å². The van der Waals surface area contributed by atoms with Gasteiger partial charge in [-0.15, -0.1) is 71.1 Å². The Kier molecular flexibility index (Phi) is 26.1. The van der Waals surface area contributed by atoms with E-state index in [0.29, 0.717) is 5.25 Å². The van der Waals surface area contributed by atoms with Crippen molar-refractivity contribution in [2.24, 2.45) is 0 Å². The van der Waals surface area contributed by atoms with Crippen molar-refractivity contribution < 1.29 is 107 Å². The summed E-state index contributed by atoms with van der Waals surface area (Å²) in [6, 6.07) is 29.3. The van der Waals surface area contributed by atoms with Crippen LogP contribution in [0.25, 0.3) is 21.5 Å². The van der Waals surface area contributed by atoms with Crippen molar-refractivity contribution in [2.45, 2.75) is 38.4 Å². The quantitative estimate of drug-likeness (QED) is 0.171. The maximum Gasteiger partial charge on any atom is 4.00 e. The van der Waals surface area contributed by atoms with Crippen LogP contribution in [0.4, 0.5) is 0 Å². The first kappa shape index (κ1) is 50.5. The van der Waals surface area contributed by atoms with Crippen molar-refractivity contribution in [1.82, 2.24) is 0 Å². The number of benzene rings is 2. The largest absolute Gasteiger partial charge is 4.00 e. The standard InChI is InChI=1S/C11H14SSi.C10H12OSi.2C9H7.4ClH.2Zr/c1-8-4-9-6-10(7-13(2)3)12-11(9)5-8;1-12(2)7-8-5-9-3-4-11-10(9)6-8;2*1-2-5-9-7-3-6-8(9)4-1;;;;;;/h4-7,10H,1-3H3;3,5-7H,4H2,1-2H3;2*1-7H;4*1H;;/q;;2*-1;;;;;2*+4/p-4. The van der Waals surface area contributed by atoms with Crippen molar-refractivity contribution in [3.05, 3.63) is 154 Å². The Labute approximate surface area is 363 Å². The Morgan fingerprint density at radius 1 is 0.714 bits per heavy atom. The fourth-order valence-corrected chi connectivity index (χ4v) is 8.94. The first-order chi connectivity index (χ1) is 20.8. The van der Waals surface area contributed by atoms with Crippen LogP contribution in [-0.4, -0.2) is 40.0 Å². The minimum absolute atomic E-state index is 0. The summed E-state index contributed by atoms with van der Waals surface area (Å²) < 4.78 is 5.40. The van der Waals surface area contributed by atoms with Gasteiger partial charge in [-0.3, -0.25) is 0 Å². The molecule has 2 heterocycles. The molecule has 4 aromatic rings. The predicted octanol–water partition coefficient (Wildman–Crippen LogP) is -1.96. The number of ether oxygens (including phenoxy) is 1. The average molecular weight is 937 g/mol. The monoisotopic (exact) mass is 932 g/mol. The number of fused-ring (bicyclic) bond motifs is 4. The Morgan fingerprint density at radius 3 is 1.78 bits per heavy atom. The Bertz CT molecular complexity index is 1740. The first-order valence-electron chi connectivity index (χ1n) is 14.9. The Balaban J connectivity index is 0. The first-order valence-corrected chi connectivity index (χ1v) is 20.9. The van der Waals surface area contributed by atoms with Crippen LogP contribution in [0, 0.1) is 0 Å². The zero-order valence-corrected chi connectivity index (χ0v) is 39.1. The minimum atomic E-state index is -0.269. The molecule has 0 saturated carbocycles. The topological polar surface area (TPSA) is 9.23 Å². The SMILES string of the molecule is CC1=CC2=CC(C=[Si](C)C)SC2=C1.C[Si](C)=CC1=CC2=CCOC2=C1.[Cl-].[Cl-].[Cl-].[Cl-].[Zr+4].[Zr+4].c1ccc2[cH-]ccc2c1.c1ccc2[cH-]ccc2c1. The van der Waals surface area contributed by atoms with Gasteiger partial charge in [0.1, 0.15) is 12.4 Å². The van der Waals surface area contributed by atoms with Gasteiger partial charge >= 0.3 is 52.4 Å². The Hall–Kier alpha value is -0.650. The van der Waals surface area contributed by atoms with Crippen LogP contribution in [0.15, 0.2) is 154 Å². The fourth-order valence-electron chi connectivity index (χ4n) is 5.24. The van der Waals surface area contributed by atoms with Gasteiger partial charge in [0.05, 0.1) is 0 Å². The van der Waals surface area contributed by atoms with Gasteiger partial charge in [0.25, 0.3) is 0 Å². The molecule has 0 saturated heterocycles. The van der Waals surface area contributed by atoms with E-state index in [1.165, 1.54) is 48.7 Å². The molecule has 8 rings (SSSR count). The molecule has 2 aliphatic carbocycles. The maximum absolute atomic E-state index is 5.40. The summed E-state index contributed by atoms with van der Waals surface area (Å²) >= 11 is 2.00. The summed E-state index contributed by atoms with van der Waals surface area (Å²) in [5.74, 6) is 1.06. The predicted molar refractivity (Wildman–Crippen MR) is 198 cm³/mol. The van der Waals surface area contributed by atoms with Crippen molar-refractivity contribution in [2.75, 3.05) is 6.61 Å². The van der Waals surface area contributed by atoms with Gasteiger partial charge < -0.3 is 54.4 Å². The average Bonchev–Trinajstić information content (AvgIpc) is 3.79. The summed E-state index contributed by atoms with van der Waals surface area (Å²) in [4.78, 5) is 1.47. The van der Waals surface area contributed by atoms with Crippen LogP contribution in [0.2, 0.25) is 26.2 Å². The second kappa shape index (κ2) is 25.3. The van der Waals surface area contributed by atoms with E-state index in [4.69, 9.17) is 4.74 Å². The molecule has 1 nitrogen and oxygen atoms in total. The normalized spacial score (nSPS) is 15.0. The number of allylic oxidation sites excluding steroid dienone is 7. The van der Waals surface area contributed by atoms with Crippen LogP contribution >= 0.6 is 11.8 Å². The van der Waals surface area contributed by atoms with Crippen LogP contribution in [0.3, 0.4) is 0 Å². The Morgan fingerprint density at radius 2 is 1.29 bits per heavy atom. The summed E-state index contributed by atoms with van der Waals surface area (Å²) in [6.07, 6.45) is 13.4. The van der Waals surface area contributed by atoms with Crippen molar-refractivity contribution >= 4 is 61.5 Å². The molecule has 1 unspecified atom stereocenters. The molecule has 0 bridgehead atoms. The maximum atomic E-state index is 5.40. The van der Waals surface area contributed by atoms with Gasteiger partial charge in [0.15, 0.2) is 0 Å². The number of thioether (sulfide) groups is 1. The van der Waals surface area contributed by atoms with Gasteiger partial charge in [-0.2, -0.15) is 35.0 Å². The third-order valence-corrected chi connectivity index (χ3v) is 10.5. The molecule has 0 aromatic heterocycles. The zero-order valence-electron chi connectivity index (χ0n) is 28.3. The van der Waals surface area contributed by atoms with E-state index in [-0.39, 0.29) is 119 Å². The number of hydrogen-bond donors (Lipinski definition) is 0. The molecule has 250 valence electrons. The molecule has 1 atom stereocenters. The molecule has 0 N–H and O–H groups in total. The van der Waals surface area contributed by atoms with Gasteiger partial charge in [0.2, 0.25) is 0 Å². The molecular weight excluding hydrogens is 897 g/mol. The van der Waals surface area contributed by atoms with E-state index in [0.717, 1.165) is 12.4 Å². The van der Waals surface area contributed by atoms with Crippen LogP contribution in [0.5, 0.6) is 0 Å². The third-order valence-electron chi connectivity index (χ3n) is 7.13.